The van der Waals surface area contributed by atoms with E-state index in [1.165, 1.54) is 31.4 Å². The van der Waals surface area contributed by atoms with Gasteiger partial charge in [0.05, 0.1) is 0 Å². The number of benzene rings is 1. The van der Waals surface area contributed by atoms with Crippen LogP contribution in [0.15, 0.2) is 18.2 Å². The maximum absolute atomic E-state index is 13.2. The fraction of sp³-hybridized carbons (Fsp3) is 0.588. The third-order valence-electron chi connectivity index (χ3n) is 5.16. The maximum atomic E-state index is 13.2. The first-order chi connectivity index (χ1) is 9.56. The largest absolute Gasteiger partial charge is 0.300 e. The Morgan fingerprint density at radius 1 is 1.25 bits per heavy atom. The highest BCUT2D eigenvalue weighted by Crippen LogP contribution is 2.37. The molecule has 2 heterocycles. The number of ketones is 1. The van der Waals surface area contributed by atoms with Crippen molar-refractivity contribution in [1.29, 1.82) is 0 Å². The van der Waals surface area contributed by atoms with Crippen molar-refractivity contribution in [1.82, 2.24) is 4.90 Å². The van der Waals surface area contributed by atoms with Crippen LogP contribution in [-0.2, 0) is 0 Å². The van der Waals surface area contributed by atoms with Gasteiger partial charge in [-0.3, -0.25) is 4.79 Å². The van der Waals surface area contributed by atoms with E-state index in [0.29, 0.717) is 17.6 Å². The summed E-state index contributed by atoms with van der Waals surface area (Å²) in [6.45, 7) is 1.83. The molecule has 108 valence electrons. The molecule has 2 saturated heterocycles. The van der Waals surface area contributed by atoms with Gasteiger partial charge >= 0.3 is 0 Å². The lowest BCUT2D eigenvalue weighted by atomic mass is 9.75. The van der Waals surface area contributed by atoms with Crippen LogP contribution in [0.25, 0.3) is 0 Å². The van der Waals surface area contributed by atoms with Gasteiger partial charge in [0.1, 0.15) is 5.82 Å². The molecule has 2 aliphatic rings. The van der Waals surface area contributed by atoms with Crippen LogP contribution in [-0.4, -0.2) is 29.8 Å². The molecule has 3 heteroatoms. The second-order valence-corrected chi connectivity index (χ2v) is 6.40. The normalized spacial score (nSPS) is 30.2. The van der Waals surface area contributed by atoms with Gasteiger partial charge in [-0.05, 0) is 63.4 Å². The van der Waals surface area contributed by atoms with E-state index in [1.807, 2.05) is 6.92 Å². The van der Waals surface area contributed by atoms with Crippen molar-refractivity contribution in [3.8, 4) is 0 Å². The van der Waals surface area contributed by atoms with Gasteiger partial charge in [-0.1, -0.05) is 6.42 Å². The summed E-state index contributed by atoms with van der Waals surface area (Å²) < 4.78 is 13.2. The topological polar surface area (TPSA) is 20.3 Å². The molecular formula is C17H22FNO. The zero-order chi connectivity index (χ0) is 14.3. The summed E-state index contributed by atoms with van der Waals surface area (Å²) >= 11 is 0. The second-order valence-electron chi connectivity index (χ2n) is 6.40. The van der Waals surface area contributed by atoms with Crippen LogP contribution in [0.5, 0.6) is 0 Å². The third kappa shape index (κ3) is 2.39. The van der Waals surface area contributed by atoms with Gasteiger partial charge in [-0.15, -0.1) is 0 Å². The summed E-state index contributed by atoms with van der Waals surface area (Å²) in [5, 5.41) is 0. The number of halogens is 1. The number of nitrogens with zero attached hydrogens (tertiary/aromatic N) is 1. The van der Waals surface area contributed by atoms with Gasteiger partial charge in [0.15, 0.2) is 5.78 Å². The molecule has 1 aromatic rings. The highest BCUT2D eigenvalue weighted by Gasteiger charge is 2.38. The summed E-state index contributed by atoms with van der Waals surface area (Å²) in [6.07, 6.45) is 5.62. The van der Waals surface area contributed by atoms with Crippen LogP contribution in [0, 0.1) is 18.7 Å². The van der Waals surface area contributed by atoms with E-state index < -0.39 is 0 Å². The van der Waals surface area contributed by atoms with E-state index in [0.717, 1.165) is 18.4 Å². The van der Waals surface area contributed by atoms with Crippen molar-refractivity contribution in [3.63, 3.8) is 0 Å². The second kappa shape index (κ2) is 5.28. The summed E-state index contributed by atoms with van der Waals surface area (Å²) in [6, 6.07) is 5.62. The molecule has 0 spiro atoms. The number of fused-ring (bicyclic) bond motifs is 2. The predicted octanol–water partition coefficient (Wildman–Crippen LogP) is 3.58. The van der Waals surface area contributed by atoms with Crippen molar-refractivity contribution >= 4 is 5.78 Å². The van der Waals surface area contributed by atoms with Gasteiger partial charge in [0, 0.05) is 23.6 Å². The Morgan fingerprint density at radius 3 is 2.50 bits per heavy atom. The summed E-state index contributed by atoms with van der Waals surface area (Å²) in [5.74, 6) is 0.0671. The van der Waals surface area contributed by atoms with E-state index in [-0.39, 0.29) is 17.5 Å². The number of hydrogen-bond donors (Lipinski definition) is 0. The number of carbonyl (C=O) groups is 1. The van der Waals surface area contributed by atoms with Crippen LogP contribution >= 0.6 is 0 Å². The van der Waals surface area contributed by atoms with Crippen LogP contribution in [0.3, 0.4) is 0 Å². The molecule has 0 saturated carbocycles. The Bertz CT molecular complexity index is 514. The Hall–Kier alpha value is -1.22. The zero-order valence-electron chi connectivity index (χ0n) is 12.2. The highest BCUT2D eigenvalue weighted by atomic mass is 19.1. The Morgan fingerprint density at radius 2 is 1.90 bits per heavy atom. The lowest BCUT2D eigenvalue weighted by Gasteiger charge is -2.46. The fourth-order valence-electron chi connectivity index (χ4n) is 3.95. The van der Waals surface area contributed by atoms with Crippen molar-refractivity contribution in [2.45, 2.75) is 51.1 Å². The molecule has 2 unspecified atom stereocenters. The number of Topliss-reactive ketones (excluding diaryl/α,β-unsaturated/α-hetero) is 1. The van der Waals surface area contributed by atoms with Gasteiger partial charge in [-0.25, -0.2) is 4.39 Å². The third-order valence-corrected chi connectivity index (χ3v) is 5.16. The van der Waals surface area contributed by atoms with E-state index in [1.54, 1.807) is 6.07 Å². The van der Waals surface area contributed by atoms with E-state index >= 15 is 0 Å². The molecule has 20 heavy (non-hydrogen) atoms. The van der Waals surface area contributed by atoms with Crippen molar-refractivity contribution in [2.24, 2.45) is 5.92 Å². The molecule has 2 aliphatic heterocycles. The Balaban J connectivity index is 1.81. The molecule has 1 aromatic carbocycles. The molecule has 0 radical (unpaired) electrons. The highest BCUT2D eigenvalue weighted by molar-refractivity contribution is 5.99. The van der Waals surface area contributed by atoms with Gasteiger partial charge in [0.25, 0.3) is 0 Å². The fourth-order valence-corrected chi connectivity index (χ4v) is 3.95. The minimum atomic E-state index is -0.265. The van der Waals surface area contributed by atoms with Gasteiger partial charge < -0.3 is 4.90 Å². The minimum Gasteiger partial charge on any atom is -0.300 e. The monoisotopic (exact) mass is 275 g/mol. The SMILES string of the molecule is Cc1cc(F)ccc1C(=O)C1CC2CCCC(C1)N2C. The van der Waals surface area contributed by atoms with Gasteiger partial charge in [-0.2, -0.15) is 0 Å². The standard InChI is InChI=1S/C17H22FNO/c1-11-8-13(18)6-7-16(11)17(20)12-9-14-4-3-5-15(10-12)19(14)2/h6-8,12,14-15H,3-5,9-10H2,1-2H3. The molecule has 0 amide bonds. The van der Waals surface area contributed by atoms with Crippen LogP contribution < -0.4 is 0 Å². The average Bonchev–Trinajstić information content (AvgIpc) is 2.37. The number of rotatable bonds is 2. The van der Waals surface area contributed by atoms with Crippen LogP contribution in [0.4, 0.5) is 4.39 Å². The lowest BCUT2D eigenvalue weighted by molar-refractivity contribution is 0.0338. The minimum absolute atomic E-state index is 0.116. The summed E-state index contributed by atoms with van der Waals surface area (Å²) in [5.41, 5.74) is 1.47. The number of hydrogen-bond acceptors (Lipinski definition) is 2. The molecule has 0 aliphatic carbocycles. The van der Waals surface area contributed by atoms with Crippen LogP contribution in [0.2, 0.25) is 0 Å². The van der Waals surface area contributed by atoms with Crippen molar-refractivity contribution in [2.75, 3.05) is 7.05 Å². The molecule has 0 N–H and O–H groups in total. The summed E-state index contributed by atoms with van der Waals surface area (Å²) in [4.78, 5) is 15.2. The predicted molar refractivity (Wildman–Crippen MR) is 77.4 cm³/mol. The molecule has 0 aromatic heterocycles. The summed E-state index contributed by atoms with van der Waals surface area (Å²) in [7, 11) is 2.19. The van der Waals surface area contributed by atoms with Crippen LogP contribution in [0.1, 0.15) is 48.0 Å². The molecular weight excluding hydrogens is 253 g/mol. The first kappa shape index (κ1) is 13.7. The quantitative estimate of drug-likeness (QED) is 0.769. The van der Waals surface area contributed by atoms with E-state index in [9.17, 15) is 9.18 Å². The smallest absolute Gasteiger partial charge is 0.166 e. The average molecular weight is 275 g/mol. The van der Waals surface area contributed by atoms with E-state index in [2.05, 4.69) is 11.9 Å². The number of carbonyl (C=O) groups excluding carboxylic acids is 1. The Kier molecular flexibility index (Phi) is 3.63. The van der Waals surface area contributed by atoms with Crippen molar-refractivity contribution < 1.29 is 9.18 Å². The molecule has 2 nitrogen and oxygen atoms in total. The molecule has 3 rings (SSSR count). The molecule has 2 fully saturated rings. The Labute approximate surface area is 120 Å². The number of aryl methyl sites for hydroxylation is 1. The van der Waals surface area contributed by atoms with E-state index in [4.69, 9.17) is 0 Å². The maximum Gasteiger partial charge on any atom is 0.166 e. The van der Waals surface area contributed by atoms with Crippen molar-refractivity contribution in [3.05, 3.63) is 35.1 Å². The molecule has 2 atom stereocenters. The molecule has 2 bridgehead atoms. The zero-order valence-corrected chi connectivity index (χ0v) is 12.2. The first-order valence-electron chi connectivity index (χ1n) is 7.58. The lowest BCUT2D eigenvalue weighted by Crippen LogP contribution is -2.51. The first-order valence-corrected chi connectivity index (χ1v) is 7.58. The van der Waals surface area contributed by atoms with Gasteiger partial charge in [0.2, 0.25) is 0 Å². The number of piperidine rings is 2.